The number of nitrogens with one attached hydrogen (secondary N) is 3. The van der Waals surface area contributed by atoms with E-state index in [4.69, 9.17) is 4.74 Å². The number of carbonyl (C=O) groups is 1. The highest BCUT2D eigenvalue weighted by Gasteiger charge is 2.30. The van der Waals surface area contributed by atoms with E-state index in [1.165, 1.54) is 0 Å². The number of aromatic nitrogens is 4. The first-order valence-electron chi connectivity index (χ1n) is 11.6. The van der Waals surface area contributed by atoms with Crippen LogP contribution >= 0.6 is 0 Å². The van der Waals surface area contributed by atoms with E-state index in [-0.39, 0.29) is 12.1 Å². The average molecular weight is 472 g/mol. The van der Waals surface area contributed by atoms with Gasteiger partial charge in [0.15, 0.2) is 0 Å². The highest BCUT2D eigenvalue weighted by Crippen LogP contribution is 2.28. The minimum atomic E-state index is -0.499. The van der Waals surface area contributed by atoms with Crippen LogP contribution in [0.5, 0.6) is 0 Å². The Morgan fingerprint density at radius 1 is 1.09 bits per heavy atom. The van der Waals surface area contributed by atoms with Crippen molar-refractivity contribution in [1.29, 1.82) is 0 Å². The molecule has 1 aliphatic heterocycles. The third-order valence-electron chi connectivity index (χ3n) is 5.80. The quantitative estimate of drug-likeness (QED) is 0.384. The molecule has 3 aromatic heterocycles. The summed E-state index contributed by atoms with van der Waals surface area (Å²) in [6.45, 7) is 9.01. The van der Waals surface area contributed by atoms with Gasteiger partial charge in [-0.2, -0.15) is 0 Å². The Morgan fingerprint density at radius 3 is 2.57 bits per heavy atom. The van der Waals surface area contributed by atoms with Crippen LogP contribution in [0.1, 0.15) is 26.5 Å². The highest BCUT2D eigenvalue weighted by atomic mass is 16.6. The molecule has 35 heavy (non-hydrogen) atoms. The third kappa shape index (κ3) is 5.18. The van der Waals surface area contributed by atoms with Crippen molar-refractivity contribution in [2.24, 2.45) is 0 Å². The number of aromatic amines is 1. The summed E-state index contributed by atoms with van der Waals surface area (Å²) in [5.41, 5.74) is 5.36. The van der Waals surface area contributed by atoms with Crippen molar-refractivity contribution in [1.82, 2.24) is 25.3 Å². The molecule has 5 rings (SSSR count). The predicted octanol–water partition coefficient (Wildman–Crippen LogP) is 4.79. The SMILES string of the molecule is Cc1ncnc2[nH]c(-c3ccc(Nc4cc(N5CC(NC(=O)OC(C)(C)C)C5)ccn4)cc3)cc12. The molecule has 180 valence electrons. The molecule has 4 aromatic rings. The lowest BCUT2D eigenvalue weighted by molar-refractivity contribution is 0.0496. The zero-order chi connectivity index (χ0) is 24.6. The number of benzene rings is 1. The molecule has 1 aromatic carbocycles. The van der Waals surface area contributed by atoms with E-state index >= 15 is 0 Å². The Balaban J connectivity index is 1.20. The number of hydrogen-bond acceptors (Lipinski definition) is 7. The van der Waals surface area contributed by atoms with Crippen molar-refractivity contribution in [3.05, 3.63) is 60.7 Å². The van der Waals surface area contributed by atoms with Gasteiger partial charge in [0.05, 0.1) is 11.7 Å². The van der Waals surface area contributed by atoms with E-state index in [9.17, 15) is 4.79 Å². The fraction of sp³-hybridized carbons (Fsp3) is 0.308. The predicted molar refractivity (Wildman–Crippen MR) is 137 cm³/mol. The fourth-order valence-electron chi connectivity index (χ4n) is 4.04. The van der Waals surface area contributed by atoms with E-state index in [2.05, 4.69) is 53.7 Å². The van der Waals surface area contributed by atoms with Crippen molar-refractivity contribution >= 4 is 34.3 Å². The second kappa shape index (κ2) is 8.90. The number of carbonyl (C=O) groups excluding carboxylic acids is 1. The van der Waals surface area contributed by atoms with Crippen LogP contribution in [0.3, 0.4) is 0 Å². The van der Waals surface area contributed by atoms with Gasteiger partial charge in [-0.3, -0.25) is 0 Å². The lowest BCUT2D eigenvalue weighted by atomic mass is 10.1. The molecule has 0 bridgehead atoms. The number of amides is 1. The topological polar surface area (TPSA) is 108 Å². The summed E-state index contributed by atoms with van der Waals surface area (Å²) in [6, 6.07) is 14.3. The van der Waals surface area contributed by atoms with Gasteiger partial charge in [-0.1, -0.05) is 12.1 Å². The zero-order valence-electron chi connectivity index (χ0n) is 20.3. The third-order valence-corrected chi connectivity index (χ3v) is 5.80. The van der Waals surface area contributed by atoms with Crippen LogP contribution in [0.15, 0.2) is 55.0 Å². The molecule has 0 saturated carbocycles. The van der Waals surface area contributed by atoms with Crippen LogP contribution in [-0.2, 0) is 4.74 Å². The molecule has 0 spiro atoms. The van der Waals surface area contributed by atoms with Crippen LogP contribution in [0.2, 0.25) is 0 Å². The zero-order valence-corrected chi connectivity index (χ0v) is 20.3. The summed E-state index contributed by atoms with van der Waals surface area (Å²) in [7, 11) is 0. The molecule has 4 heterocycles. The summed E-state index contributed by atoms with van der Waals surface area (Å²) in [5.74, 6) is 0.760. The lowest BCUT2D eigenvalue weighted by Crippen LogP contribution is -2.60. The van der Waals surface area contributed by atoms with E-state index in [0.717, 1.165) is 58.3 Å². The second-order valence-electron chi connectivity index (χ2n) is 9.75. The summed E-state index contributed by atoms with van der Waals surface area (Å²) in [4.78, 5) is 30.5. The molecule has 1 amide bonds. The van der Waals surface area contributed by atoms with Crippen molar-refractivity contribution in [3.63, 3.8) is 0 Å². The van der Waals surface area contributed by atoms with Gasteiger partial charge in [-0.25, -0.2) is 19.7 Å². The maximum atomic E-state index is 12.0. The molecule has 1 fully saturated rings. The molecule has 1 saturated heterocycles. The first kappa shape index (κ1) is 22.6. The van der Waals surface area contributed by atoms with Crippen molar-refractivity contribution in [2.75, 3.05) is 23.3 Å². The van der Waals surface area contributed by atoms with Crippen LogP contribution < -0.4 is 15.5 Å². The molecule has 9 nitrogen and oxygen atoms in total. The van der Waals surface area contributed by atoms with E-state index in [1.807, 2.05) is 52.0 Å². The van der Waals surface area contributed by atoms with E-state index in [1.54, 1.807) is 12.5 Å². The van der Waals surface area contributed by atoms with Crippen LogP contribution in [0, 0.1) is 6.92 Å². The van der Waals surface area contributed by atoms with Crippen LogP contribution in [0.4, 0.5) is 22.0 Å². The van der Waals surface area contributed by atoms with Gasteiger partial charge in [-0.05, 0) is 57.5 Å². The number of hydrogen-bond donors (Lipinski definition) is 3. The van der Waals surface area contributed by atoms with E-state index in [0.29, 0.717) is 0 Å². The average Bonchev–Trinajstić information content (AvgIpc) is 3.21. The Morgan fingerprint density at radius 2 is 1.86 bits per heavy atom. The first-order valence-corrected chi connectivity index (χ1v) is 11.6. The van der Waals surface area contributed by atoms with Crippen LogP contribution in [-0.4, -0.2) is 50.8 Å². The molecule has 0 atom stereocenters. The number of fused-ring (bicyclic) bond motifs is 1. The van der Waals surface area contributed by atoms with Gasteiger partial charge in [0, 0.05) is 47.8 Å². The number of ether oxygens (including phenoxy) is 1. The standard InChI is InChI=1S/C26H29N7O2/c1-16-21-12-22(32-24(21)29-15-28-16)17-5-7-18(8-6-17)30-23-11-20(9-10-27-23)33-13-19(14-33)31-25(34)35-26(2,3)4/h5-12,15,19H,13-14H2,1-4H3,(H,27,30)(H,31,34)(H,28,29,32). The van der Waals surface area contributed by atoms with Gasteiger partial charge in [-0.15, -0.1) is 0 Å². The maximum Gasteiger partial charge on any atom is 0.407 e. The molecular weight excluding hydrogens is 442 g/mol. The monoisotopic (exact) mass is 471 g/mol. The maximum absolute atomic E-state index is 12.0. The van der Waals surface area contributed by atoms with Gasteiger partial charge < -0.3 is 25.3 Å². The van der Waals surface area contributed by atoms with E-state index < -0.39 is 5.60 Å². The Hall–Kier alpha value is -4.14. The Bertz CT molecular complexity index is 1350. The van der Waals surface area contributed by atoms with Gasteiger partial charge in [0.1, 0.15) is 23.4 Å². The number of nitrogens with zero attached hydrogens (tertiary/aromatic N) is 4. The highest BCUT2D eigenvalue weighted by molar-refractivity contribution is 5.84. The number of anilines is 3. The first-order chi connectivity index (χ1) is 16.7. The molecule has 0 unspecified atom stereocenters. The van der Waals surface area contributed by atoms with Crippen molar-refractivity contribution < 1.29 is 9.53 Å². The minimum Gasteiger partial charge on any atom is -0.444 e. The normalized spacial score (nSPS) is 14.0. The molecule has 1 aliphatic rings. The summed E-state index contributed by atoms with van der Waals surface area (Å²) in [6.07, 6.45) is 2.98. The summed E-state index contributed by atoms with van der Waals surface area (Å²) >= 11 is 0. The second-order valence-corrected chi connectivity index (χ2v) is 9.75. The number of pyridine rings is 1. The lowest BCUT2D eigenvalue weighted by Gasteiger charge is -2.41. The number of H-pyrrole nitrogens is 1. The van der Waals surface area contributed by atoms with Crippen molar-refractivity contribution in [3.8, 4) is 11.3 Å². The minimum absolute atomic E-state index is 0.0707. The van der Waals surface area contributed by atoms with Gasteiger partial charge in [0.2, 0.25) is 0 Å². The molecular formula is C26H29N7O2. The Labute approximate surface area is 204 Å². The van der Waals surface area contributed by atoms with Gasteiger partial charge in [0.25, 0.3) is 0 Å². The number of rotatable bonds is 5. The smallest absolute Gasteiger partial charge is 0.407 e. The fourth-order valence-corrected chi connectivity index (χ4v) is 4.04. The van der Waals surface area contributed by atoms with Crippen LogP contribution in [0.25, 0.3) is 22.3 Å². The van der Waals surface area contributed by atoms with Gasteiger partial charge >= 0.3 is 6.09 Å². The summed E-state index contributed by atoms with van der Waals surface area (Å²) < 4.78 is 5.33. The summed E-state index contributed by atoms with van der Waals surface area (Å²) in [5, 5.41) is 7.31. The molecule has 0 aliphatic carbocycles. The molecule has 0 radical (unpaired) electrons. The number of aryl methyl sites for hydroxylation is 1. The number of alkyl carbamates (subject to hydrolysis) is 1. The van der Waals surface area contributed by atoms with Crippen molar-refractivity contribution in [2.45, 2.75) is 39.3 Å². The largest absolute Gasteiger partial charge is 0.444 e. The molecule has 3 N–H and O–H groups in total. The Kier molecular flexibility index (Phi) is 5.76. The molecule has 9 heteroatoms.